The van der Waals surface area contributed by atoms with E-state index in [9.17, 15) is 0 Å². The van der Waals surface area contributed by atoms with Crippen LogP contribution >= 0.6 is 0 Å². The van der Waals surface area contributed by atoms with Crippen molar-refractivity contribution in [1.82, 2.24) is 16.0 Å². The van der Waals surface area contributed by atoms with Crippen molar-refractivity contribution in [2.75, 3.05) is 39.8 Å². The van der Waals surface area contributed by atoms with Gasteiger partial charge >= 0.3 is 0 Å². The molecule has 1 aliphatic heterocycles. The summed E-state index contributed by atoms with van der Waals surface area (Å²) < 4.78 is 0. The van der Waals surface area contributed by atoms with E-state index < -0.39 is 0 Å². The summed E-state index contributed by atoms with van der Waals surface area (Å²) in [6.45, 7) is 47.0. The largest absolute Gasteiger partial charge is 0.320 e. The van der Waals surface area contributed by atoms with Crippen molar-refractivity contribution < 1.29 is 0 Å². The summed E-state index contributed by atoms with van der Waals surface area (Å²) in [5, 5.41) is 9.95. The molecule has 2 aliphatic rings. The predicted octanol–water partition coefficient (Wildman–Crippen LogP) is 18.2. The maximum Gasteiger partial charge on any atom is -0.00463 e. The molecule has 0 atom stereocenters. The summed E-state index contributed by atoms with van der Waals surface area (Å²) >= 11 is 0. The SMILES string of the molecule is CC(C)CC1CCCC1.CC(C)CC1CCNCC1.CCCC(C)C.CCCCC(C)C.CCCCCC(C)C.CCCCNCCCCC(C)C.CNCCC(C)C. The molecule has 0 radical (unpaired) electrons. The monoisotopic (exact) mass is 840 g/mol. The van der Waals surface area contributed by atoms with E-state index in [0.29, 0.717) is 0 Å². The number of hydrogen-bond acceptors (Lipinski definition) is 3. The van der Waals surface area contributed by atoms with Crippen molar-refractivity contribution >= 4 is 0 Å². The Bertz CT molecular complexity index is 659. The van der Waals surface area contributed by atoms with E-state index in [0.717, 1.165) is 59.8 Å². The van der Waals surface area contributed by atoms with Gasteiger partial charge in [0, 0.05) is 0 Å². The first-order chi connectivity index (χ1) is 27.9. The van der Waals surface area contributed by atoms with Gasteiger partial charge in [0.05, 0.1) is 0 Å². The van der Waals surface area contributed by atoms with Crippen molar-refractivity contribution in [3.05, 3.63) is 0 Å². The van der Waals surface area contributed by atoms with Gasteiger partial charge in [0.2, 0.25) is 0 Å². The third-order valence-electron chi connectivity index (χ3n) is 11.0. The second kappa shape index (κ2) is 55.9. The molecule has 1 saturated carbocycles. The van der Waals surface area contributed by atoms with E-state index in [4.69, 9.17) is 0 Å². The summed E-state index contributed by atoms with van der Waals surface area (Å²) in [5.74, 6) is 8.34. The van der Waals surface area contributed by atoms with E-state index in [-0.39, 0.29) is 0 Å². The van der Waals surface area contributed by atoms with Crippen LogP contribution in [0.1, 0.15) is 272 Å². The Morgan fingerprint density at radius 2 is 0.780 bits per heavy atom. The van der Waals surface area contributed by atoms with Crippen LogP contribution in [-0.4, -0.2) is 39.8 Å². The molecule has 0 unspecified atom stereocenters. The minimum absolute atomic E-state index is 0.840. The lowest BCUT2D eigenvalue weighted by Gasteiger charge is -2.23. The number of rotatable bonds is 24. The first kappa shape index (κ1) is 67.9. The number of hydrogen-bond donors (Lipinski definition) is 3. The minimum Gasteiger partial charge on any atom is -0.320 e. The Balaban J connectivity index is -0.000000194. The maximum atomic E-state index is 3.46. The zero-order valence-electron chi connectivity index (χ0n) is 45.5. The van der Waals surface area contributed by atoms with E-state index in [1.807, 2.05) is 7.05 Å². The highest BCUT2D eigenvalue weighted by molar-refractivity contribution is 4.69. The average molecular weight is 841 g/mol. The molecule has 3 nitrogen and oxygen atoms in total. The highest BCUT2D eigenvalue weighted by atomic mass is 14.9. The van der Waals surface area contributed by atoms with Crippen LogP contribution < -0.4 is 16.0 Å². The lowest BCUT2D eigenvalue weighted by atomic mass is 9.89. The van der Waals surface area contributed by atoms with Gasteiger partial charge in [-0.1, -0.05) is 227 Å². The Morgan fingerprint density at radius 3 is 1.10 bits per heavy atom. The lowest BCUT2D eigenvalue weighted by Crippen LogP contribution is -2.28. The van der Waals surface area contributed by atoms with Gasteiger partial charge in [0.25, 0.3) is 0 Å². The molecule has 1 heterocycles. The number of piperidine rings is 1. The van der Waals surface area contributed by atoms with Crippen molar-refractivity contribution in [2.45, 2.75) is 272 Å². The van der Waals surface area contributed by atoms with Crippen LogP contribution in [0.2, 0.25) is 0 Å². The van der Waals surface area contributed by atoms with Crippen LogP contribution in [0.4, 0.5) is 0 Å². The molecule has 3 N–H and O–H groups in total. The van der Waals surface area contributed by atoms with Crippen LogP contribution in [0.25, 0.3) is 0 Å². The van der Waals surface area contributed by atoms with Gasteiger partial charge in [0.15, 0.2) is 0 Å². The lowest BCUT2D eigenvalue weighted by molar-refractivity contribution is 0.318. The molecule has 2 rings (SSSR count). The molecule has 3 heteroatoms. The molecule has 364 valence electrons. The minimum atomic E-state index is 0.840. The second-order valence-electron chi connectivity index (χ2n) is 21.5. The molecule has 0 spiro atoms. The van der Waals surface area contributed by atoms with E-state index in [1.54, 1.807) is 0 Å². The first-order valence-electron chi connectivity index (χ1n) is 27.0. The Kier molecular flexibility index (Phi) is 64.4. The zero-order valence-corrected chi connectivity index (χ0v) is 45.5. The summed E-state index contributed by atoms with van der Waals surface area (Å²) in [5.41, 5.74) is 0. The van der Waals surface area contributed by atoms with Crippen molar-refractivity contribution in [3.63, 3.8) is 0 Å². The fourth-order valence-electron chi connectivity index (χ4n) is 7.35. The third-order valence-corrected chi connectivity index (χ3v) is 11.0. The van der Waals surface area contributed by atoms with Gasteiger partial charge in [-0.05, 0) is 138 Å². The van der Waals surface area contributed by atoms with Gasteiger partial charge < -0.3 is 16.0 Å². The molecule has 1 saturated heterocycles. The summed E-state index contributed by atoms with van der Waals surface area (Å²) in [6.07, 6.45) is 32.2. The van der Waals surface area contributed by atoms with E-state index in [2.05, 4.69) is 141 Å². The molecule has 0 bridgehead atoms. The van der Waals surface area contributed by atoms with Crippen LogP contribution in [0.5, 0.6) is 0 Å². The van der Waals surface area contributed by atoms with Crippen molar-refractivity contribution in [3.8, 4) is 0 Å². The van der Waals surface area contributed by atoms with Crippen LogP contribution in [0.15, 0.2) is 0 Å². The van der Waals surface area contributed by atoms with Gasteiger partial charge in [-0.25, -0.2) is 0 Å². The number of nitrogens with one attached hydrogen (secondary N) is 3. The smallest absolute Gasteiger partial charge is 0.00463 e. The summed E-state index contributed by atoms with van der Waals surface area (Å²) in [6, 6.07) is 0. The fraction of sp³-hybridized carbons (Fsp3) is 1.00. The Labute approximate surface area is 379 Å². The predicted molar refractivity (Wildman–Crippen MR) is 279 cm³/mol. The molecule has 0 amide bonds. The van der Waals surface area contributed by atoms with Crippen LogP contribution in [0.3, 0.4) is 0 Å². The summed E-state index contributed by atoms with van der Waals surface area (Å²) in [4.78, 5) is 0. The molecule has 2 fully saturated rings. The zero-order chi connectivity index (χ0) is 46.1. The van der Waals surface area contributed by atoms with Gasteiger partial charge in [0.1, 0.15) is 0 Å². The molecule has 0 aromatic heterocycles. The quantitative estimate of drug-likeness (QED) is 0.0848. The Hall–Kier alpha value is -0.120. The number of unbranched alkanes of at least 4 members (excludes halogenated alkanes) is 5. The first-order valence-corrected chi connectivity index (χ1v) is 27.0. The standard InChI is InChI=1S/C11H25N.C9H19N.C9H18.C8H18.C7H16.C6H15N.C6H14/c1-4-5-9-12-10-7-6-8-11(2)3;1-8(2)7-9-3-5-10-6-4-9;1-8(2)7-9-5-3-4-6-9;1-4-5-6-7-8(2)3;1-4-5-6-7(2)3;1-6(2)4-5-7-3;1-4-5-6(2)3/h11-12H,4-10H2,1-3H3;8-10H,3-7H2,1-2H3;8-9H,3-7H2,1-2H3;8H,4-7H2,1-3H3;7H,4-6H2,1-3H3;6-7H,4-5H2,1-3H3;6H,4-5H2,1-3H3. The van der Waals surface area contributed by atoms with Gasteiger partial charge in [-0.15, -0.1) is 0 Å². The highest BCUT2D eigenvalue weighted by Gasteiger charge is 2.15. The van der Waals surface area contributed by atoms with Gasteiger partial charge in [-0.2, -0.15) is 0 Å². The summed E-state index contributed by atoms with van der Waals surface area (Å²) in [7, 11) is 1.99. The molecule has 0 aromatic rings. The molecule has 59 heavy (non-hydrogen) atoms. The molecule has 1 aliphatic carbocycles. The van der Waals surface area contributed by atoms with Crippen LogP contribution in [0, 0.1) is 53.3 Å². The normalized spacial score (nSPS) is 14.1. The average Bonchev–Trinajstić information content (AvgIpc) is 3.67. The molecule has 0 aromatic carbocycles. The fourth-order valence-corrected chi connectivity index (χ4v) is 7.35. The third kappa shape index (κ3) is 78.8. The Morgan fingerprint density at radius 1 is 0.390 bits per heavy atom. The van der Waals surface area contributed by atoms with E-state index in [1.165, 1.54) is 174 Å². The highest BCUT2D eigenvalue weighted by Crippen LogP contribution is 2.29. The van der Waals surface area contributed by atoms with E-state index >= 15 is 0 Å². The molecular formula is C56H125N3. The van der Waals surface area contributed by atoms with Gasteiger partial charge in [-0.3, -0.25) is 0 Å². The maximum absolute atomic E-state index is 3.46. The van der Waals surface area contributed by atoms with Crippen LogP contribution in [-0.2, 0) is 0 Å². The topological polar surface area (TPSA) is 36.1 Å². The van der Waals surface area contributed by atoms with Crippen molar-refractivity contribution in [1.29, 1.82) is 0 Å². The van der Waals surface area contributed by atoms with Crippen molar-refractivity contribution in [2.24, 2.45) is 53.3 Å². The second-order valence-corrected chi connectivity index (χ2v) is 21.5. The molecular weight excluding hydrogens is 715 g/mol.